The van der Waals surface area contributed by atoms with Crippen LogP contribution >= 0.6 is 23.2 Å². The highest BCUT2D eigenvalue weighted by Crippen LogP contribution is 2.43. The molecular formula is C30H24Cl2N2. The van der Waals surface area contributed by atoms with E-state index in [9.17, 15) is 0 Å². The molecule has 5 aromatic rings. The fraction of sp³-hybridized carbons (Fsp3) is 0.167. The van der Waals surface area contributed by atoms with Crippen molar-refractivity contribution in [2.24, 2.45) is 0 Å². The summed E-state index contributed by atoms with van der Waals surface area (Å²) in [5, 5.41) is 1.47. The lowest BCUT2D eigenvalue weighted by atomic mass is 9.85. The van der Waals surface area contributed by atoms with E-state index in [2.05, 4.69) is 78.2 Å². The van der Waals surface area contributed by atoms with Gasteiger partial charge < -0.3 is 0 Å². The molecule has 0 N–H and O–H groups in total. The Morgan fingerprint density at radius 1 is 0.735 bits per heavy atom. The van der Waals surface area contributed by atoms with Crippen molar-refractivity contribution in [3.8, 4) is 5.69 Å². The van der Waals surface area contributed by atoms with Crippen molar-refractivity contribution >= 4 is 34.2 Å². The Bertz CT molecular complexity index is 1420. The highest BCUT2D eigenvalue weighted by atomic mass is 35.5. The predicted octanol–water partition coefficient (Wildman–Crippen LogP) is 8.70. The molecule has 1 heterocycles. The summed E-state index contributed by atoms with van der Waals surface area (Å²) < 4.78 is 2.36. The quantitative estimate of drug-likeness (QED) is 0.229. The van der Waals surface area contributed by atoms with E-state index in [1.165, 1.54) is 46.6 Å². The van der Waals surface area contributed by atoms with Gasteiger partial charge in [0.1, 0.15) is 5.82 Å². The summed E-state index contributed by atoms with van der Waals surface area (Å²) in [7, 11) is 0. The van der Waals surface area contributed by atoms with Gasteiger partial charge in [-0.25, -0.2) is 4.98 Å². The molecule has 1 saturated carbocycles. The van der Waals surface area contributed by atoms with Crippen LogP contribution < -0.4 is 0 Å². The molecular weight excluding hydrogens is 459 g/mol. The van der Waals surface area contributed by atoms with Crippen LogP contribution in [-0.2, 0) is 0 Å². The van der Waals surface area contributed by atoms with Gasteiger partial charge in [0.2, 0.25) is 0 Å². The minimum absolute atomic E-state index is 0.0599. The van der Waals surface area contributed by atoms with Gasteiger partial charge in [-0.2, -0.15) is 0 Å². The molecule has 168 valence electrons. The van der Waals surface area contributed by atoms with Gasteiger partial charge in [0.25, 0.3) is 0 Å². The second-order valence-corrected chi connectivity index (χ2v) is 10.1. The molecule has 0 spiro atoms. The molecule has 1 fully saturated rings. The molecule has 0 atom stereocenters. The molecule has 2 nitrogen and oxygen atoms in total. The number of imidazole rings is 1. The summed E-state index contributed by atoms with van der Waals surface area (Å²) in [4.78, 5) is 5.07. The van der Waals surface area contributed by atoms with E-state index in [-0.39, 0.29) is 5.92 Å². The van der Waals surface area contributed by atoms with Gasteiger partial charge in [-0.3, -0.25) is 4.57 Å². The zero-order valence-corrected chi connectivity index (χ0v) is 20.4. The molecule has 4 heteroatoms. The average molecular weight is 483 g/mol. The third-order valence-corrected chi connectivity index (χ3v) is 7.18. The van der Waals surface area contributed by atoms with Crippen molar-refractivity contribution < 1.29 is 0 Å². The Labute approximate surface area is 209 Å². The molecule has 0 amide bonds. The summed E-state index contributed by atoms with van der Waals surface area (Å²) in [5.74, 6) is 1.77. The molecule has 0 aliphatic heterocycles. The number of rotatable bonds is 5. The van der Waals surface area contributed by atoms with Gasteiger partial charge in [0, 0.05) is 27.6 Å². The number of aryl methyl sites for hydroxylation is 1. The lowest BCUT2D eigenvalue weighted by molar-refractivity contribution is 0.895. The molecule has 1 aliphatic rings. The fourth-order valence-electron chi connectivity index (χ4n) is 4.76. The Hall–Kier alpha value is -3.07. The number of fused-ring (bicyclic) bond motifs is 1. The van der Waals surface area contributed by atoms with Crippen LogP contribution in [0.3, 0.4) is 0 Å². The molecule has 0 saturated heterocycles. The maximum Gasteiger partial charge on any atom is 0.117 e. The standard InChI is InChI=1S/C30H24Cl2N2/c1-19-2-15-26(16-3-19)34-28-18-23(10-17-27(28)33-30(34)22-4-5-22)29(20-6-11-24(31)12-7-20)21-8-13-25(32)14-9-21/h2-3,6-18,22,29H,4-5H2,1H3. The molecule has 34 heavy (non-hydrogen) atoms. The second-order valence-electron chi connectivity index (χ2n) is 9.20. The zero-order chi connectivity index (χ0) is 23.2. The largest absolute Gasteiger partial charge is 0.296 e. The fourth-order valence-corrected chi connectivity index (χ4v) is 5.01. The van der Waals surface area contributed by atoms with E-state index in [4.69, 9.17) is 28.2 Å². The maximum absolute atomic E-state index is 6.22. The maximum atomic E-state index is 6.22. The minimum Gasteiger partial charge on any atom is -0.296 e. The predicted molar refractivity (Wildman–Crippen MR) is 142 cm³/mol. The van der Waals surface area contributed by atoms with Crippen molar-refractivity contribution in [1.29, 1.82) is 0 Å². The van der Waals surface area contributed by atoms with E-state index < -0.39 is 0 Å². The van der Waals surface area contributed by atoms with Gasteiger partial charge in [0.15, 0.2) is 0 Å². The van der Waals surface area contributed by atoms with Crippen LogP contribution in [0.15, 0.2) is 91.0 Å². The van der Waals surface area contributed by atoms with Crippen molar-refractivity contribution in [2.75, 3.05) is 0 Å². The molecule has 0 radical (unpaired) electrons. The first-order valence-electron chi connectivity index (χ1n) is 11.7. The van der Waals surface area contributed by atoms with Gasteiger partial charge in [0.05, 0.1) is 11.0 Å². The van der Waals surface area contributed by atoms with Crippen LogP contribution in [0.4, 0.5) is 0 Å². The Balaban J connectivity index is 1.55. The van der Waals surface area contributed by atoms with E-state index in [0.29, 0.717) is 5.92 Å². The van der Waals surface area contributed by atoms with E-state index >= 15 is 0 Å². The van der Waals surface area contributed by atoms with Crippen LogP contribution in [0.2, 0.25) is 10.0 Å². The lowest BCUT2D eigenvalue weighted by Gasteiger charge is -2.20. The van der Waals surface area contributed by atoms with Crippen LogP contribution in [0.1, 0.15) is 52.8 Å². The first-order chi connectivity index (χ1) is 16.6. The van der Waals surface area contributed by atoms with Gasteiger partial charge in [-0.1, -0.05) is 71.2 Å². The van der Waals surface area contributed by atoms with Crippen LogP contribution in [0.25, 0.3) is 16.7 Å². The highest BCUT2D eigenvalue weighted by Gasteiger charge is 2.30. The number of benzene rings is 4. The Kier molecular flexibility index (Phi) is 5.44. The normalized spacial score (nSPS) is 13.6. The summed E-state index contributed by atoms with van der Waals surface area (Å²) in [6.45, 7) is 2.12. The highest BCUT2D eigenvalue weighted by molar-refractivity contribution is 6.30. The smallest absolute Gasteiger partial charge is 0.117 e. The van der Waals surface area contributed by atoms with Crippen molar-refractivity contribution in [3.05, 3.63) is 129 Å². The molecule has 6 rings (SSSR count). The molecule has 1 aliphatic carbocycles. The van der Waals surface area contributed by atoms with Crippen molar-refractivity contribution in [2.45, 2.75) is 31.6 Å². The van der Waals surface area contributed by atoms with E-state index in [0.717, 1.165) is 21.1 Å². The zero-order valence-electron chi connectivity index (χ0n) is 18.9. The molecule has 4 aromatic carbocycles. The van der Waals surface area contributed by atoms with Crippen molar-refractivity contribution in [1.82, 2.24) is 9.55 Å². The van der Waals surface area contributed by atoms with Crippen LogP contribution in [-0.4, -0.2) is 9.55 Å². The Morgan fingerprint density at radius 2 is 1.29 bits per heavy atom. The summed E-state index contributed by atoms with van der Waals surface area (Å²) in [6, 6.07) is 31.7. The SMILES string of the molecule is Cc1ccc(-n2c(C3CC3)nc3ccc(C(c4ccc(Cl)cc4)c4ccc(Cl)cc4)cc32)cc1. The van der Waals surface area contributed by atoms with E-state index in [1.54, 1.807) is 0 Å². The number of hydrogen-bond donors (Lipinski definition) is 0. The minimum atomic E-state index is 0.0599. The van der Waals surface area contributed by atoms with Gasteiger partial charge in [-0.15, -0.1) is 0 Å². The summed E-state index contributed by atoms with van der Waals surface area (Å²) in [6.07, 6.45) is 2.42. The third-order valence-electron chi connectivity index (χ3n) is 6.68. The average Bonchev–Trinajstić information content (AvgIpc) is 3.63. The topological polar surface area (TPSA) is 17.8 Å². The number of nitrogens with zero attached hydrogens (tertiary/aromatic N) is 2. The van der Waals surface area contributed by atoms with Crippen LogP contribution in [0, 0.1) is 6.92 Å². The number of aromatic nitrogens is 2. The lowest BCUT2D eigenvalue weighted by Crippen LogP contribution is -2.04. The first-order valence-corrected chi connectivity index (χ1v) is 12.4. The van der Waals surface area contributed by atoms with Gasteiger partial charge in [-0.05, 0) is 85.0 Å². The molecule has 0 bridgehead atoms. The van der Waals surface area contributed by atoms with E-state index in [1.807, 2.05) is 24.3 Å². The monoisotopic (exact) mass is 482 g/mol. The Morgan fingerprint density at radius 3 is 1.85 bits per heavy atom. The second kappa shape index (κ2) is 8.61. The van der Waals surface area contributed by atoms with Crippen LogP contribution in [0.5, 0.6) is 0 Å². The molecule has 0 unspecified atom stereocenters. The summed E-state index contributed by atoms with van der Waals surface area (Å²) in [5.41, 5.74) is 8.21. The van der Waals surface area contributed by atoms with Gasteiger partial charge >= 0.3 is 0 Å². The molecule has 1 aromatic heterocycles. The van der Waals surface area contributed by atoms with Crippen molar-refractivity contribution in [3.63, 3.8) is 0 Å². The number of halogens is 2. The number of hydrogen-bond acceptors (Lipinski definition) is 1. The third kappa shape index (κ3) is 4.02. The first kappa shape index (κ1) is 21.5. The summed E-state index contributed by atoms with van der Waals surface area (Å²) >= 11 is 12.4.